The number of carbonyl (C=O) groups is 7. The highest BCUT2D eigenvalue weighted by molar-refractivity contribution is 14.1. The molecule has 0 aliphatic heterocycles. The molecule has 0 fully saturated rings. The normalized spacial score (nSPS) is 11.3. The molecule has 0 bridgehead atoms. The molecule has 0 heterocycles. The molecule has 12 aromatic carbocycles. The second kappa shape index (κ2) is 42.5. The Kier molecular flexibility index (Phi) is 33.7. The van der Waals surface area contributed by atoms with Crippen molar-refractivity contribution in [2.45, 2.75) is 130 Å². The lowest BCUT2D eigenvalue weighted by Gasteiger charge is -2.30. The predicted molar refractivity (Wildman–Crippen MR) is 540 cm³/mol. The largest absolute Gasteiger partial charge is 0.451 e. The highest BCUT2D eigenvalue weighted by atomic mass is 127. The molecule has 0 aromatic heterocycles. The molecule has 24 heteroatoms. The maximum absolute atomic E-state index is 14.0. The van der Waals surface area contributed by atoms with Gasteiger partial charge in [0.15, 0.2) is 44.1 Å². The molecular formula is C95H86I7N4O10S3+3. The predicted octanol–water partition coefficient (Wildman–Crippen LogP) is 24.8. The smallest absolute Gasteiger partial charge is 0.341 e. The van der Waals surface area contributed by atoms with Crippen molar-refractivity contribution in [3.05, 3.63) is 337 Å². The number of nitrogens with one attached hydrogen (secondary N) is 1. The van der Waals surface area contributed by atoms with Crippen molar-refractivity contribution >= 4 is 255 Å². The van der Waals surface area contributed by atoms with E-state index in [1.165, 1.54) is 76.7 Å². The van der Waals surface area contributed by atoms with E-state index in [-0.39, 0.29) is 62.3 Å². The molecule has 0 aliphatic rings. The summed E-state index contributed by atoms with van der Waals surface area (Å²) in [6.45, 7) is 17.1. The third-order valence-electron chi connectivity index (χ3n) is 19.1. The molecule has 119 heavy (non-hydrogen) atoms. The molecular weight excluding hydrogens is 2340 g/mol. The van der Waals surface area contributed by atoms with Crippen molar-refractivity contribution in [3.63, 3.8) is 0 Å². The Morgan fingerprint density at radius 3 is 0.765 bits per heavy atom. The van der Waals surface area contributed by atoms with E-state index in [9.17, 15) is 33.6 Å². The minimum Gasteiger partial charge on any atom is -0.451 e. The highest BCUT2D eigenvalue weighted by Gasteiger charge is 2.39. The molecule has 0 spiro atoms. The molecule has 4 amide bonds. The average Bonchev–Trinajstić information content (AvgIpc) is 0.749. The summed E-state index contributed by atoms with van der Waals surface area (Å²) in [4.78, 5) is 105. The number of anilines is 4. The van der Waals surface area contributed by atoms with Gasteiger partial charge in [-0.3, -0.25) is 19.2 Å². The molecule has 0 unspecified atom stereocenters. The van der Waals surface area contributed by atoms with Crippen molar-refractivity contribution in [1.29, 1.82) is 0 Å². The molecule has 0 radical (unpaired) electrons. The van der Waals surface area contributed by atoms with E-state index in [0.717, 1.165) is 30.1 Å². The van der Waals surface area contributed by atoms with Crippen LogP contribution in [0.1, 0.15) is 117 Å². The van der Waals surface area contributed by atoms with E-state index < -0.39 is 28.7 Å². The molecule has 0 atom stereocenters. The van der Waals surface area contributed by atoms with Crippen molar-refractivity contribution < 1.29 is 47.8 Å². The number of esters is 3. The lowest BCUT2D eigenvalue weighted by Crippen LogP contribution is -2.32. The summed E-state index contributed by atoms with van der Waals surface area (Å²) >= 11 is 14.7. The van der Waals surface area contributed by atoms with Crippen LogP contribution in [0.4, 0.5) is 22.7 Å². The number of hydrogen-bond donors (Lipinski definition) is 1. The van der Waals surface area contributed by atoms with Crippen LogP contribution < -0.4 is 20.0 Å². The molecule has 12 aromatic rings. The summed E-state index contributed by atoms with van der Waals surface area (Å²) in [7, 11) is 4.17. The third-order valence-corrected chi connectivity index (χ3v) is 33.0. The van der Waals surface area contributed by atoms with Gasteiger partial charge in [0.1, 0.15) is 16.8 Å². The Bertz CT molecular complexity index is 5490. The van der Waals surface area contributed by atoms with Crippen LogP contribution in [0.2, 0.25) is 0 Å². The molecule has 1 N–H and O–H groups in total. The number of hydrogen-bond acceptors (Lipinski definition) is 10. The number of amides is 4. The summed E-state index contributed by atoms with van der Waals surface area (Å²) in [5.41, 5.74) is 3.31. The standard InChI is InChI=1S/C34H32I3N2O4S.C33H29I3N2O4S.C28H24IO2S/c1-21(40)38(5)31-28(35)27(29(36)32(30(31)37)39(6)22(2)41)33(42)43-34(3,4)23-17-19-26(20-18-23)44(24-13-9-7-10-14-24)25-15-11-8-12-16-25;1-20(39)37-30-27(34)26(28(35)31(29(30)36)38(5)21(2)40)32(41)42-33(3,4)22-16-18-25(19-17-22)43(23-12-8-6-9-13-23)24-14-10-7-11-15-24;1-28(2,31-27(30)25-15-9-10-16-26(25)29)21-17-19-24(20-18-21)32(22-11-5-3-6-12-22)23-13-7-4-8-14-23/h7-20H,1-6H3;6-19H,1-5H3;3-20H,1-2H3/q+1;;+1/p+1. The summed E-state index contributed by atoms with van der Waals surface area (Å²) in [5.74, 6) is -2.25. The van der Waals surface area contributed by atoms with E-state index in [0.29, 0.717) is 60.9 Å². The summed E-state index contributed by atoms with van der Waals surface area (Å²) in [6.07, 6.45) is 0. The van der Waals surface area contributed by atoms with E-state index in [2.05, 4.69) is 358 Å². The van der Waals surface area contributed by atoms with Crippen molar-refractivity contribution in [2.24, 2.45) is 0 Å². The Hall–Kier alpha value is -6.91. The summed E-state index contributed by atoms with van der Waals surface area (Å²) in [5, 5.41) is 2.83. The van der Waals surface area contributed by atoms with Crippen LogP contribution in [0, 0.1) is 25.0 Å². The number of rotatable bonds is 22. The van der Waals surface area contributed by atoms with E-state index in [1.807, 2.05) is 120 Å². The molecule has 0 saturated carbocycles. The van der Waals surface area contributed by atoms with Crippen LogP contribution in [-0.4, -0.2) is 62.7 Å². The zero-order valence-electron chi connectivity index (χ0n) is 67.4. The number of benzene rings is 12. The Balaban J connectivity index is 0.000000190. The second-order valence-electron chi connectivity index (χ2n) is 28.5. The molecule has 0 aliphatic carbocycles. The average molecular weight is 2430 g/mol. The second-order valence-corrected chi connectivity index (χ2v) is 42.2. The topological polar surface area (TPSA) is 169 Å². The van der Waals surface area contributed by atoms with Gasteiger partial charge in [0.2, 0.25) is 23.6 Å². The van der Waals surface area contributed by atoms with Gasteiger partial charge in [0, 0.05) is 52.4 Å². The number of nitrogens with zero attached hydrogens (tertiary/aromatic N) is 3. The quantitative estimate of drug-likeness (QED) is 0.0298. The van der Waals surface area contributed by atoms with Gasteiger partial charge < -0.3 is 34.2 Å². The number of carbonyl (C=O) groups excluding carboxylic acids is 7. The first-order valence-corrected chi connectivity index (χ1v) is 48.5. The minimum absolute atomic E-state index is 0.191. The van der Waals surface area contributed by atoms with Gasteiger partial charge >= 0.3 is 17.9 Å². The van der Waals surface area contributed by atoms with E-state index in [1.54, 1.807) is 27.2 Å². The zero-order valence-corrected chi connectivity index (χ0v) is 84.9. The molecule has 610 valence electrons. The third kappa shape index (κ3) is 23.1. The SMILES string of the molecule is CC(=O)N(C)c1c(I)c(C(=O)OC(C)(C)c2ccc([S+](c3ccccc3)c3ccccc3)cc2)c(I)c(N(C)C(C)=O)c1I.CC(=O)Nc1c(I)c(C(=O)OC(C)(C)c2ccc([S+](c3ccccc3)c3ccccc3)cc2)c(I)c(N(C)C(C)=O)c1I.CC(C)(OC(=O)c1ccccc1I)c1ccc([S+](c2ccccc2)c2ccccc2)cc1. The van der Waals surface area contributed by atoms with Crippen LogP contribution >= 0.6 is 158 Å². The first kappa shape index (κ1) is 94.3. The monoisotopic (exact) mass is 2430 g/mol. The van der Waals surface area contributed by atoms with Crippen LogP contribution in [0.25, 0.3) is 0 Å². The molecule has 14 nitrogen and oxygen atoms in total. The fourth-order valence-corrected chi connectivity index (χ4v) is 29.0. The first-order valence-electron chi connectivity index (χ1n) is 37.3. The Labute approximate surface area is 801 Å². The Morgan fingerprint density at radius 1 is 0.286 bits per heavy atom. The maximum atomic E-state index is 14.0. The van der Waals surface area contributed by atoms with Crippen molar-refractivity contribution in [1.82, 2.24) is 0 Å². The lowest BCUT2D eigenvalue weighted by atomic mass is 9.98. The summed E-state index contributed by atoms with van der Waals surface area (Å²) in [6, 6.07) is 95.2. The van der Waals surface area contributed by atoms with Gasteiger partial charge in [0.25, 0.3) is 0 Å². The fraction of sp³-hybridized carbons (Fsp3) is 0.168. The molecule has 12 rings (SSSR count). The van der Waals surface area contributed by atoms with Gasteiger partial charge in [-0.1, -0.05) is 158 Å². The van der Waals surface area contributed by atoms with Gasteiger partial charge in [-0.25, -0.2) is 14.4 Å². The van der Waals surface area contributed by atoms with Crippen LogP contribution in [0.3, 0.4) is 0 Å². The number of halogens is 7. The number of ether oxygens (including phenoxy) is 3. The highest BCUT2D eigenvalue weighted by Crippen LogP contribution is 2.46. The maximum Gasteiger partial charge on any atom is 0.341 e. The van der Waals surface area contributed by atoms with Gasteiger partial charge in [0.05, 0.1) is 93.5 Å². The van der Waals surface area contributed by atoms with E-state index >= 15 is 0 Å². The van der Waals surface area contributed by atoms with Crippen molar-refractivity contribution in [3.8, 4) is 0 Å². The lowest BCUT2D eigenvalue weighted by molar-refractivity contribution is -0.117. The summed E-state index contributed by atoms with van der Waals surface area (Å²) < 4.78 is 22.8. The zero-order chi connectivity index (χ0) is 86.4. The van der Waals surface area contributed by atoms with Crippen LogP contribution in [0.15, 0.2) is 323 Å². The van der Waals surface area contributed by atoms with Gasteiger partial charge in [-0.15, -0.1) is 0 Å². The van der Waals surface area contributed by atoms with Gasteiger partial charge in [-0.2, -0.15) is 0 Å². The fourth-order valence-electron chi connectivity index (χ4n) is 12.5. The van der Waals surface area contributed by atoms with E-state index in [4.69, 9.17) is 14.2 Å². The van der Waals surface area contributed by atoms with Crippen LogP contribution in [-0.2, 0) is 82.9 Å². The van der Waals surface area contributed by atoms with Gasteiger partial charge in [-0.05, 0) is 338 Å². The molecule has 0 saturated heterocycles. The first-order chi connectivity index (χ1) is 56.5. The van der Waals surface area contributed by atoms with Crippen molar-refractivity contribution in [2.75, 3.05) is 41.2 Å². The Morgan fingerprint density at radius 2 is 0.513 bits per heavy atom. The minimum atomic E-state index is -0.970. The van der Waals surface area contributed by atoms with Crippen LogP contribution in [0.5, 0.6) is 0 Å².